The van der Waals surface area contributed by atoms with Crippen LogP contribution in [0, 0.1) is 5.92 Å². The highest BCUT2D eigenvalue weighted by Gasteiger charge is 2.24. The summed E-state index contributed by atoms with van der Waals surface area (Å²) in [6.07, 6.45) is 1.47. The van der Waals surface area contributed by atoms with E-state index >= 15 is 0 Å². The molecule has 0 aliphatic carbocycles. The summed E-state index contributed by atoms with van der Waals surface area (Å²) < 4.78 is 1.49. The third-order valence-electron chi connectivity index (χ3n) is 4.00. The zero-order valence-electron chi connectivity index (χ0n) is 15.0. The number of rotatable bonds is 6. The van der Waals surface area contributed by atoms with Gasteiger partial charge in [0.25, 0.3) is 5.91 Å². The molecule has 1 unspecified atom stereocenters. The second-order valence-corrected chi connectivity index (χ2v) is 6.36. The summed E-state index contributed by atoms with van der Waals surface area (Å²) in [6, 6.07) is 15.3. The third-order valence-corrected chi connectivity index (χ3v) is 4.00. The van der Waals surface area contributed by atoms with Gasteiger partial charge in [0.2, 0.25) is 5.91 Å². The van der Waals surface area contributed by atoms with Crippen LogP contribution in [0.15, 0.2) is 60.9 Å². The summed E-state index contributed by atoms with van der Waals surface area (Å²) in [5.41, 5.74) is 1.82. The molecule has 3 aromatic rings. The van der Waals surface area contributed by atoms with Gasteiger partial charge < -0.3 is 10.6 Å². The van der Waals surface area contributed by atoms with Crippen LogP contribution in [0.3, 0.4) is 0 Å². The average molecular weight is 364 g/mol. The maximum absolute atomic E-state index is 12.7. The Morgan fingerprint density at radius 2 is 1.81 bits per heavy atom. The summed E-state index contributed by atoms with van der Waals surface area (Å²) in [7, 11) is 0. The maximum atomic E-state index is 12.7. The van der Waals surface area contributed by atoms with E-state index in [4.69, 9.17) is 0 Å². The Hall–Kier alpha value is -3.55. The molecular weight excluding hydrogens is 344 g/mol. The lowest BCUT2D eigenvalue weighted by molar-refractivity contribution is -0.118. The number of hydrogen-bond donors (Lipinski definition) is 2. The molecule has 3 rings (SSSR count). The zero-order chi connectivity index (χ0) is 19.2. The molecule has 2 N–H and O–H groups in total. The van der Waals surface area contributed by atoms with Crippen molar-refractivity contribution in [2.24, 2.45) is 5.92 Å². The van der Waals surface area contributed by atoms with Crippen LogP contribution >= 0.6 is 0 Å². The minimum absolute atomic E-state index is 0.0830. The van der Waals surface area contributed by atoms with E-state index in [9.17, 15) is 9.59 Å². The number of carbonyl (C=O) groups is 2. The molecule has 27 heavy (non-hydrogen) atoms. The van der Waals surface area contributed by atoms with E-state index in [1.54, 1.807) is 42.5 Å². The summed E-state index contributed by atoms with van der Waals surface area (Å²) in [5.74, 6) is -0.657. The second kappa shape index (κ2) is 8.22. The molecule has 1 atom stereocenters. The van der Waals surface area contributed by atoms with Crippen LogP contribution in [-0.2, 0) is 4.79 Å². The first kappa shape index (κ1) is 18.2. The van der Waals surface area contributed by atoms with Crippen LogP contribution in [0.5, 0.6) is 0 Å². The second-order valence-electron chi connectivity index (χ2n) is 6.36. The van der Waals surface area contributed by atoms with Crippen molar-refractivity contribution in [2.45, 2.75) is 19.9 Å². The smallest absolute Gasteiger partial charge is 0.251 e. The lowest BCUT2D eigenvalue weighted by atomic mass is 10.0. The molecule has 0 radical (unpaired) electrons. The van der Waals surface area contributed by atoms with Gasteiger partial charge >= 0.3 is 0 Å². The lowest BCUT2D eigenvalue weighted by Gasteiger charge is -2.22. The van der Waals surface area contributed by atoms with Gasteiger partial charge in [0.1, 0.15) is 12.4 Å². The quantitative estimate of drug-likeness (QED) is 0.697. The Bertz CT molecular complexity index is 909. The van der Waals surface area contributed by atoms with Crippen LogP contribution in [0.4, 0.5) is 5.69 Å². The van der Waals surface area contributed by atoms with Crippen LogP contribution in [0.1, 0.15) is 24.2 Å². The Labute approximate surface area is 156 Å². The van der Waals surface area contributed by atoms with Gasteiger partial charge in [-0.3, -0.25) is 9.59 Å². The molecule has 138 valence electrons. The fourth-order valence-electron chi connectivity index (χ4n) is 2.57. The first-order chi connectivity index (χ1) is 13.0. The number of aromatic nitrogens is 4. The van der Waals surface area contributed by atoms with E-state index in [0.29, 0.717) is 16.9 Å². The molecular formula is C19H20N6O2. The van der Waals surface area contributed by atoms with Crippen molar-refractivity contribution in [3.05, 3.63) is 66.5 Å². The van der Waals surface area contributed by atoms with E-state index in [0.717, 1.165) is 0 Å². The van der Waals surface area contributed by atoms with Crippen molar-refractivity contribution in [1.29, 1.82) is 0 Å². The monoisotopic (exact) mass is 364 g/mol. The summed E-state index contributed by atoms with van der Waals surface area (Å²) in [6.45, 7) is 3.76. The van der Waals surface area contributed by atoms with Gasteiger partial charge in [-0.2, -0.15) is 0 Å². The topological polar surface area (TPSA) is 102 Å². The minimum atomic E-state index is -0.672. The first-order valence-electron chi connectivity index (χ1n) is 8.55. The number of carbonyl (C=O) groups excluding carboxylic acids is 2. The molecule has 0 bridgehead atoms. The third kappa shape index (κ3) is 4.55. The number of tetrazole rings is 1. The standard InChI is InChI=1S/C19H20N6O2/c1-13(2)17(22-18(26)14-7-4-3-5-8-14)19(27)21-15-9-6-10-16(11-15)25-12-20-23-24-25/h3-13,17H,1-2H3,(H,21,27)(H,22,26). The number of amides is 2. The molecule has 1 heterocycles. The van der Waals surface area contributed by atoms with Gasteiger partial charge in [0, 0.05) is 11.3 Å². The first-order valence-corrected chi connectivity index (χ1v) is 8.55. The van der Waals surface area contributed by atoms with Crippen molar-refractivity contribution in [3.8, 4) is 5.69 Å². The molecule has 1 aromatic heterocycles. The Morgan fingerprint density at radius 3 is 2.48 bits per heavy atom. The highest BCUT2D eigenvalue weighted by Crippen LogP contribution is 2.15. The van der Waals surface area contributed by atoms with Crippen molar-refractivity contribution < 1.29 is 9.59 Å². The van der Waals surface area contributed by atoms with Crippen molar-refractivity contribution in [3.63, 3.8) is 0 Å². The molecule has 8 heteroatoms. The summed E-state index contributed by atoms with van der Waals surface area (Å²) in [5, 5.41) is 16.7. The Kier molecular flexibility index (Phi) is 5.55. The highest BCUT2D eigenvalue weighted by atomic mass is 16.2. The number of hydrogen-bond acceptors (Lipinski definition) is 5. The van der Waals surface area contributed by atoms with Crippen LogP contribution in [0.2, 0.25) is 0 Å². The Morgan fingerprint density at radius 1 is 1.04 bits per heavy atom. The average Bonchev–Trinajstić information content (AvgIpc) is 3.21. The largest absolute Gasteiger partial charge is 0.340 e. The molecule has 0 spiro atoms. The van der Waals surface area contributed by atoms with Gasteiger partial charge in [-0.15, -0.1) is 5.10 Å². The molecule has 0 aliphatic rings. The zero-order valence-corrected chi connectivity index (χ0v) is 15.0. The van der Waals surface area contributed by atoms with E-state index in [-0.39, 0.29) is 17.7 Å². The van der Waals surface area contributed by atoms with E-state index in [1.165, 1.54) is 11.0 Å². The molecule has 0 saturated carbocycles. The summed E-state index contributed by atoms with van der Waals surface area (Å²) in [4.78, 5) is 25.2. The molecule has 0 saturated heterocycles. The van der Waals surface area contributed by atoms with Gasteiger partial charge in [-0.25, -0.2) is 4.68 Å². The molecule has 8 nitrogen and oxygen atoms in total. The van der Waals surface area contributed by atoms with Crippen molar-refractivity contribution in [2.75, 3.05) is 5.32 Å². The minimum Gasteiger partial charge on any atom is -0.340 e. The fourth-order valence-corrected chi connectivity index (χ4v) is 2.57. The van der Waals surface area contributed by atoms with Crippen molar-refractivity contribution in [1.82, 2.24) is 25.5 Å². The van der Waals surface area contributed by atoms with E-state index in [1.807, 2.05) is 26.0 Å². The van der Waals surface area contributed by atoms with E-state index < -0.39 is 6.04 Å². The number of benzene rings is 2. The summed E-state index contributed by atoms with van der Waals surface area (Å²) >= 11 is 0. The lowest BCUT2D eigenvalue weighted by Crippen LogP contribution is -2.47. The number of nitrogens with one attached hydrogen (secondary N) is 2. The molecule has 2 aromatic carbocycles. The maximum Gasteiger partial charge on any atom is 0.251 e. The number of nitrogens with zero attached hydrogens (tertiary/aromatic N) is 4. The SMILES string of the molecule is CC(C)C(NC(=O)c1ccccc1)C(=O)Nc1cccc(-n2cnnn2)c1. The number of anilines is 1. The molecule has 2 amide bonds. The van der Waals surface area contributed by atoms with Crippen LogP contribution in [-0.4, -0.2) is 38.1 Å². The molecule has 0 aliphatic heterocycles. The van der Waals surface area contributed by atoms with Crippen LogP contribution < -0.4 is 10.6 Å². The van der Waals surface area contributed by atoms with Gasteiger partial charge in [-0.05, 0) is 46.7 Å². The van der Waals surface area contributed by atoms with Crippen LogP contribution in [0.25, 0.3) is 5.69 Å². The van der Waals surface area contributed by atoms with E-state index in [2.05, 4.69) is 26.2 Å². The highest BCUT2D eigenvalue weighted by molar-refractivity contribution is 6.01. The van der Waals surface area contributed by atoms with Gasteiger partial charge in [-0.1, -0.05) is 38.1 Å². The van der Waals surface area contributed by atoms with Gasteiger partial charge in [0.05, 0.1) is 5.69 Å². The predicted molar refractivity (Wildman–Crippen MR) is 100 cm³/mol. The Balaban J connectivity index is 1.72. The fraction of sp³-hybridized carbons (Fsp3) is 0.211. The molecule has 0 fully saturated rings. The predicted octanol–water partition coefficient (Wildman–Crippen LogP) is 2.06. The normalized spacial score (nSPS) is 11.8. The van der Waals surface area contributed by atoms with Gasteiger partial charge in [0.15, 0.2) is 0 Å². The van der Waals surface area contributed by atoms with Crippen molar-refractivity contribution >= 4 is 17.5 Å².